The summed E-state index contributed by atoms with van der Waals surface area (Å²) in [7, 11) is 0. The first-order chi connectivity index (χ1) is 10.1. The van der Waals surface area contributed by atoms with E-state index in [4.69, 9.17) is 0 Å². The van der Waals surface area contributed by atoms with Gasteiger partial charge in [0.1, 0.15) is 11.5 Å². The first-order valence-corrected chi connectivity index (χ1v) is 6.75. The molecule has 0 aliphatic heterocycles. The molecule has 2 aromatic carbocycles. The zero-order valence-electron chi connectivity index (χ0n) is 11.6. The summed E-state index contributed by atoms with van der Waals surface area (Å²) in [5.74, 6) is -0.492. The number of aromatic amines is 1. The number of amides is 1. The van der Waals surface area contributed by atoms with Crippen LogP contribution in [0.5, 0.6) is 0 Å². The second-order valence-corrected chi connectivity index (χ2v) is 4.98. The Hall–Kier alpha value is -2.62. The van der Waals surface area contributed by atoms with Gasteiger partial charge in [0.05, 0.1) is 0 Å². The van der Waals surface area contributed by atoms with Gasteiger partial charge in [0.15, 0.2) is 0 Å². The zero-order chi connectivity index (χ0) is 14.8. The van der Waals surface area contributed by atoms with Crippen LogP contribution in [0.2, 0.25) is 0 Å². The maximum atomic E-state index is 13.3. The SMILES string of the molecule is Cc1c(C(=O)NCc2ccccc2)[nH]c2ccc(F)cc12. The lowest BCUT2D eigenvalue weighted by atomic mass is 10.1. The number of fused-ring (bicyclic) bond motifs is 1. The van der Waals surface area contributed by atoms with E-state index in [-0.39, 0.29) is 11.7 Å². The van der Waals surface area contributed by atoms with E-state index >= 15 is 0 Å². The molecule has 0 unspecified atom stereocenters. The average Bonchev–Trinajstić information content (AvgIpc) is 2.83. The van der Waals surface area contributed by atoms with Gasteiger partial charge in [-0.1, -0.05) is 30.3 Å². The van der Waals surface area contributed by atoms with Gasteiger partial charge >= 0.3 is 0 Å². The number of halogens is 1. The van der Waals surface area contributed by atoms with Crippen molar-refractivity contribution >= 4 is 16.8 Å². The highest BCUT2D eigenvalue weighted by atomic mass is 19.1. The number of aromatic nitrogens is 1. The van der Waals surface area contributed by atoms with Crippen LogP contribution >= 0.6 is 0 Å². The minimum atomic E-state index is -0.305. The fourth-order valence-electron chi connectivity index (χ4n) is 2.39. The maximum absolute atomic E-state index is 13.3. The molecule has 1 heterocycles. The maximum Gasteiger partial charge on any atom is 0.268 e. The molecule has 2 N–H and O–H groups in total. The smallest absolute Gasteiger partial charge is 0.268 e. The molecule has 0 atom stereocenters. The molecule has 0 fully saturated rings. The molecule has 1 aromatic heterocycles. The molecular formula is C17H15FN2O. The topological polar surface area (TPSA) is 44.9 Å². The van der Waals surface area contributed by atoms with E-state index in [1.165, 1.54) is 12.1 Å². The number of benzene rings is 2. The van der Waals surface area contributed by atoms with Crippen molar-refractivity contribution in [1.82, 2.24) is 10.3 Å². The Kier molecular flexibility index (Phi) is 3.44. The predicted octanol–water partition coefficient (Wildman–Crippen LogP) is 3.55. The Morgan fingerprint density at radius 2 is 1.95 bits per heavy atom. The molecule has 0 saturated carbocycles. The third-order valence-corrected chi connectivity index (χ3v) is 3.54. The molecule has 3 rings (SSSR count). The van der Waals surface area contributed by atoms with Crippen LogP contribution in [0.3, 0.4) is 0 Å². The minimum absolute atomic E-state index is 0.187. The van der Waals surface area contributed by atoms with Gasteiger partial charge in [-0.3, -0.25) is 4.79 Å². The summed E-state index contributed by atoms with van der Waals surface area (Å²) < 4.78 is 13.3. The predicted molar refractivity (Wildman–Crippen MR) is 80.6 cm³/mol. The van der Waals surface area contributed by atoms with Crippen molar-refractivity contribution in [3.05, 3.63) is 71.2 Å². The summed E-state index contributed by atoms with van der Waals surface area (Å²) in [4.78, 5) is 15.3. The van der Waals surface area contributed by atoms with E-state index < -0.39 is 0 Å². The number of hydrogen-bond donors (Lipinski definition) is 2. The minimum Gasteiger partial charge on any atom is -0.350 e. The number of H-pyrrole nitrogens is 1. The molecule has 21 heavy (non-hydrogen) atoms. The monoisotopic (exact) mass is 282 g/mol. The highest BCUT2D eigenvalue weighted by molar-refractivity contribution is 6.00. The second-order valence-electron chi connectivity index (χ2n) is 4.98. The van der Waals surface area contributed by atoms with Crippen molar-refractivity contribution in [2.45, 2.75) is 13.5 Å². The molecule has 0 aliphatic carbocycles. The van der Waals surface area contributed by atoms with Gasteiger partial charge in [0.2, 0.25) is 0 Å². The molecule has 0 spiro atoms. The molecule has 0 aliphatic rings. The fraction of sp³-hybridized carbons (Fsp3) is 0.118. The normalized spacial score (nSPS) is 10.8. The van der Waals surface area contributed by atoms with Crippen LogP contribution in [-0.2, 0) is 6.54 Å². The van der Waals surface area contributed by atoms with E-state index in [0.29, 0.717) is 12.2 Å². The van der Waals surface area contributed by atoms with Crippen molar-refractivity contribution in [2.24, 2.45) is 0 Å². The summed E-state index contributed by atoms with van der Waals surface area (Å²) in [5, 5.41) is 3.60. The summed E-state index contributed by atoms with van der Waals surface area (Å²) in [6, 6.07) is 14.2. The third-order valence-electron chi connectivity index (χ3n) is 3.54. The fourth-order valence-corrected chi connectivity index (χ4v) is 2.39. The van der Waals surface area contributed by atoms with Gasteiger partial charge in [0.25, 0.3) is 5.91 Å². The highest BCUT2D eigenvalue weighted by Gasteiger charge is 2.14. The van der Waals surface area contributed by atoms with Crippen LogP contribution in [0.4, 0.5) is 4.39 Å². The van der Waals surface area contributed by atoms with Crippen LogP contribution < -0.4 is 5.32 Å². The molecule has 0 saturated heterocycles. The van der Waals surface area contributed by atoms with Gasteiger partial charge in [-0.05, 0) is 36.2 Å². The van der Waals surface area contributed by atoms with Gasteiger partial charge in [-0.15, -0.1) is 0 Å². The lowest BCUT2D eigenvalue weighted by Gasteiger charge is -2.04. The Bertz CT molecular complexity index is 793. The van der Waals surface area contributed by atoms with Crippen molar-refractivity contribution in [2.75, 3.05) is 0 Å². The van der Waals surface area contributed by atoms with Crippen LogP contribution in [0.25, 0.3) is 10.9 Å². The van der Waals surface area contributed by atoms with E-state index in [9.17, 15) is 9.18 Å². The average molecular weight is 282 g/mol. The van der Waals surface area contributed by atoms with E-state index in [1.807, 2.05) is 37.3 Å². The Morgan fingerprint density at radius 3 is 2.71 bits per heavy atom. The lowest BCUT2D eigenvalue weighted by molar-refractivity contribution is 0.0946. The van der Waals surface area contributed by atoms with Crippen molar-refractivity contribution < 1.29 is 9.18 Å². The lowest BCUT2D eigenvalue weighted by Crippen LogP contribution is -2.23. The summed E-state index contributed by atoms with van der Waals surface area (Å²) in [5.41, 5.74) is 3.03. The number of carbonyl (C=O) groups excluding carboxylic acids is 1. The van der Waals surface area contributed by atoms with Crippen LogP contribution in [-0.4, -0.2) is 10.9 Å². The van der Waals surface area contributed by atoms with Crippen molar-refractivity contribution in [1.29, 1.82) is 0 Å². The zero-order valence-corrected chi connectivity index (χ0v) is 11.6. The van der Waals surface area contributed by atoms with E-state index in [0.717, 1.165) is 22.0 Å². The van der Waals surface area contributed by atoms with Gasteiger partial charge in [0, 0.05) is 17.4 Å². The molecular weight excluding hydrogens is 267 g/mol. The number of carbonyl (C=O) groups is 1. The quantitative estimate of drug-likeness (QED) is 0.758. The molecule has 0 radical (unpaired) electrons. The second kappa shape index (κ2) is 5.40. The summed E-state index contributed by atoms with van der Waals surface area (Å²) in [6.45, 7) is 2.28. The number of rotatable bonds is 3. The third kappa shape index (κ3) is 2.65. The Morgan fingerprint density at radius 1 is 1.19 bits per heavy atom. The molecule has 3 nitrogen and oxygen atoms in total. The number of hydrogen-bond acceptors (Lipinski definition) is 1. The van der Waals surface area contributed by atoms with Crippen molar-refractivity contribution in [3.63, 3.8) is 0 Å². The van der Waals surface area contributed by atoms with Crippen LogP contribution in [0, 0.1) is 12.7 Å². The van der Waals surface area contributed by atoms with Crippen LogP contribution in [0.1, 0.15) is 21.6 Å². The Balaban J connectivity index is 1.83. The molecule has 4 heteroatoms. The molecule has 3 aromatic rings. The first-order valence-electron chi connectivity index (χ1n) is 6.75. The molecule has 0 bridgehead atoms. The van der Waals surface area contributed by atoms with Gasteiger partial charge in [-0.25, -0.2) is 4.39 Å². The van der Waals surface area contributed by atoms with Gasteiger partial charge in [-0.2, -0.15) is 0 Å². The van der Waals surface area contributed by atoms with Crippen molar-refractivity contribution in [3.8, 4) is 0 Å². The number of nitrogens with one attached hydrogen (secondary N) is 2. The Labute approximate surface area is 121 Å². The molecule has 106 valence electrons. The first kappa shape index (κ1) is 13.4. The highest BCUT2D eigenvalue weighted by Crippen LogP contribution is 2.22. The summed E-state index contributed by atoms with van der Waals surface area (Å²) >= 11 is 0. The largest absolute Gasteiger partial charge is 0.350 e. The van der Waals surface area contributed by atoms with E-state index in [1.54, 1.807) is 6.07 Å². The summed E-state index contributed by atoms with van der Waals surface area (Å²) in [6.07, 6.45) is 0. The van der Waals surface area contributed by atoms with E-state index in [2.05, 4.69) is 10.3 Å². The van der Waals surface area contributed by atoms with Gasteiger partial charge < -0.3 is 10.3 Å². The standard InChI is InChI=1S/C17H15FN2O/c1-11-14-9-13(18)7-8-15(14)20-16(11)17(21)19-10-12-5-3-2-4-6-12/h2-9,20H,10H2,1H3,(H,19,21). The molecule has 1 amide bonds. The number of aryl methyl sites for hydroxylation is 1. The van der Waals surface area contributed by atoms with Crippen LogP contribution in [0.15, 0.2) is 48.5 Å².